The average Bonchev–Trinajstić information content (AvgIpc) is 3.06. The minimum atomic E-state index is -0.487. The Bertz CT molecular complexity index is 540. The Morgan fingerprint density at radius 2 is 2.05 bits per heavy atom. The van der Waals surface area contributed by atoms with Crippen LogP contribution in [0.5, 0.6) is 0 Å². The van der Waals surface area contributed by atoms with Crippen molar-refractivity contribution in [1.29, 1.82) is 0 Å². The SMILES string of the molecule is CCN(CC)C(=O)[C@@H]1C[C@@H](N)CN1C(=O)Cn1nnnc1C. The van der Waals surface area contributed by atoms with Gasteiger partial charge in [-0.2, -0.15) is 0 Å². The largest absolute Gasteiger partial charge is 0.341 e. The zero-order valence-corrected chi connectivity index (χ0v) is 13.3. The number of amides is 2. The van der Waals surface area contributed by atoms with E-state index in [4.69, 9.17) is 5.73 Å². The summed E-state index contributed by atoms with van der Waals surface area (Å²) in [5.41, 5.74) is 5.97. The van der Waals surface area contributed by atoms with Crippen molar-refractivity contribution in [3.05, 3.63) is 5.82 Å². The highest BCUT2D eigenvalue weighted by molar-refractivity contribution is 5.88. The molecule has 122 valence electrons. The third kappa shape index (κ3) is 3.24. The van der Waals surface area contributed by atoms with Crippen molar-refractivity contribution < 1.29 is 9.59 Å². The molecule has 1 aromatic heterocycles. The van der Waals surface area contributed by atoms with Gasteiger partial charge in [0.15, 0.2) is 0 Å². The third-order valence-corrected chi connectivity index (χ3v) is 4.01. The molecule has 1 aliphatic rings. The van der Waals surface area contributed by atoms with Crippen LogP contribution in [0.4, 0.5) is 0 Å². The average molecular weight is 309 g/mol. The maximum atomic E-state index is 12.6. The lowest BCUT2D eigenvalue weighted by atomic mass is 10.1. The maximum Gasteiger partial charge on any atom is 0.245 e. The molecule has 1 saturated heterocycles. The first kappa shape index (κ1) is 16.3. The highest BCUT2D eigenvalue weighted by atomic mass is 16.2. The van der Waals surface area contributed by atoms with Crippen LogP contribution in [0.15, 0.2) is 0 Å². The second-order valence-corrected chi connectivity index (χ2v) is 5.45. The molecular weight excluding hydrogens is 286 g/mol. The lowest BCUT2D eigenvalue weighted by Crippen LogP contribution is -2.48. The van der Waals surface area contributed by atoms with Crippen LogP contribution in [0.1, 0.15) is 26.1 Å². The fourth-order valence-electron chi connectivity index (χ4n) is 2.74. The number of hydrogen-bond acceptors (Lipinski definition) is 6. The van der Waals surface area contributed by atoms with Crippen molar-refractivity contribution in [3.8, 4) is 0 Å². The number of hydrogen-bond donors (Lipinski definition) is 1. The van der Waals surface area contributed by atoms with Crippen molar-refractivity contribution in [1.82, 2.24) is 30.0 Å². The molecule has 2 amide bonds. The molecule has 2 heterocycles. The number of aryl methyl sites for hydroxylation is 1. The summed E-state index contributed by atoms with van der Waals surface area (Å²) >= 11 is 0. The maximum absolute atomic E-state index is 12.6. The second kappa shape index (κ2) is 6.82. The molecule has 0 saturated carbocycles. The molecule has 22 heavy (non-hydrogen) atoms. The van der Waals surface area contributed by atoms with Gasteiger partial charge in [-0.3, -0.25) is 9.59 Å². The van der Waals surface area contributed by atoms with Gasteiger partial charge in [-0.15, -0.1) is 5.10 Å². The van der Waals surface area contributed by atoms with Gasteiger partial charge in [0.05, 0.1) is 0 Å². The van der Waals surface area contributed by atoms with Gasteiger partial charge in [0.1, 0.15) is 18.4 Å². The van der Waals surface area contributed by atoms with Crippen LogP contribution in [-0.4, -0.2) is 73.5 Å². The van der Waals surface area contributed by atoms with Crippen LogP contribution in [0.2, 0.25) is 0 Å². The number of nitrogens with zero attached hydrogens (tertiary/aromatic N) is 6. The first-order valence-electron chi connectivity index (χ1n) is 7.54. The van der Waals surface area contributed by atoms with E-state index >= 15 is 0 Å². The van der Waals surface area contributed by atoms with E-state index in [1.807, 2.05) is 13.8 Å². The summed E-state index contributed by atoms with van der Waals surface area (Å²) in [6.07, 6.45) is 0.496. The predicted molar refractivity (Wildman–Crippen MR) is 78.6 cm³/mol. The zero-order valence-electron chi connectivity index (χ0n) is 13.3. The molecule has 0 bridgehead atoms. The molecule has 0 radical (unpaired) electrons. The fraction of sp³-hybridized carbons (Fsp3) is 0.769. The summed E-state index contributed by atoms with van der Waals surface area (Å²) in [5, 5.41) is 11.0. The molecule has 2 rings (SSSR count). The highest BCUT2D eigenvalue weighted by Gasteiger charge is 2.39. The van der Waals surface area contributed by atoms with E-state index in [0.717, 1.165) is 0 Å². The Balaban J connectivity index is 2.11. The second-order valence-electron chi connectivity index (χ2n) is 5.45. The molecule has 0 unspecified atom stereocenters. The molecule has 1 fully saturated rings. The standard InChI is InChI=1S/C13H23N7O2/c1-4-18(5-2)13(22)11-6-10(14)7-19(11)12(21)8-20-9(3)15-16-17-20/h10-11H,4-8,14H2,1-3H3/t10-,11+/m1/s1. The van der Waals surface area contributed by atoms with E-state index in [9.17, 15) is 9.59 Å². The van der Waals surface area contributed by atoms with Gasteiger partial charge in [-0.1, -0.05) is 0 Å². The van der Waals surface area contributed by atoms with E-state index in [-0.39, 0.29) is 24.4 Å². The normalized spacial score (nSPS) is 21.2. The molecule has 9 nitrogen and oxygen atoms in total. The minimum Gasteiger partial charge on any atom is -0.341 e. The number of carbonyl (C=O) groups excluding carboxylic acids is 2. The van der Waals surface area contributed by atoms with Gasteiger partial charge in [-0.05, 0) is 37.6 Å². The van der Waals surface area contributed by atoms with Gasteiger partial charge >= 0.3 is 0 Å². The van der Waals surface area contributed by atoms with Crippen molar-refractivity contribution in [2.24, 2.45) is 5.73 Å². The predicted octanol–water partition coefficient (Wildman–Crippen LogP) is -1.22. The van der Waals surface area contributed by atoms with E-state index in [0.29, 0.717) is 31.9 Å². The van der Waals surface area contributed by atoms with E-state index < -0.39 is 6.04 Å². The molecule has 2 atom stereocenters. The number of likely N-dealkylation sites (N-methyl/N-ethyl adjacent to an activating group) is 1. The number of likely N-dealkylation sites (tertiary alicyclic amines) is 1. The van der Waals surface area contributed by atoms with Crippen LogP contribution >= 0.6 is 0 Å². The summed E-state index contributed by atoms with van der Waals surface area (Å²) in [7, 11) is 0. The summed E-state index contributed by atoms with van der Waals surface area (Å²) in [6.45, 7) is 7.22. The zero-order chi connectivity index (χ0) is 16.3. The van der Waals surface area contributed by atoms with Crippen molar-refractivity contribution in [2.45, 2.75) is 45.8 Å². The number of carbonyl (C=O) groups is 2. The van der Waals surface area contributed by atoms with Gasteiger partial charge in [0.2, 0.25) is 11.8 Å². The monoisotopic (exact) mass is 309 g/mol. The molecular formula is C13H23N7O2. The summed E-state index contributed by atoms with van der Waals surface area (Å²) in [6, 6.07) is -0.664. The Hall–Kier alpha value is -2.03. The molecule has 0 aromatic carbocycles. The first-order chi connectivity index (χ1) is 10.5. The molecule has 0 aliphatic carbocycles. The van der Waals surface area contributed by atoms with E-state index in [1.165, 1.54) is 4.68 Å². The van der Waals surface area contributed by atoms with Gasteiger partial charge in [0.25, 0.3) is 0 Å². The van der Waals surface area contributed by atoms with Crippen molar-refractivity contribution in [3.63, 3.8) is 0 Å². The van der Waals surface area contributed by atoms with Crippen LogP contribution in [0.25, 0.3) is 0 Å². The molecule has 1 aliphatic heterocycles. The molecule has 1 aromatic rings. The lowest BCUT2D eigenvalue weighted by molar-refractivity contribution is -0.144. The third-order valence-electron chi connectivity index (χ3n) is 4.01. The van der Waals surface area contributed by atoms with E-state index in [2.05, 4.69) is 15.5 Å². The van der Waals surface area contributed by atoms with Crippen LogP contribution < -0.4 is 5.73 Å². The van der Waals surface area contributed by atoms with Crippen LogP contribution in [-0.2, 0) is 16.1 Å². The van der Waals surface area contributed by atoms with Crippen LogP contribution in [0.3, 0.4) is 0 Å². The number of rotatable bonds is 5. The Morgan fingerprint density at radius 3 is 2.59 bits per heavy atom. The number of tetrazole rings is 1. The number of nitrogens with two attached hydrogens (primary N) is 1. The van der Waals surface area contributed by atoms with Gasteiger partial charge in [-0.25, -0.2) is 4.68 Å². The summed E-state index contributed by atoms with van der Waals surface area (Å²) in [5.74, 6) is 0.331. The van der Waals surface area contributed by atoms with E-state index in [1.54, 1.807) is 16.7 Å². The Morgan fingerprint density at radius 1 is 1.36 bits per heavy atom. The summed E-state index contributed by atoms with van der Waals surface area (Å²) in [4.78, 5) is 28.4. The molecule has 0 spiro atoms. The Labute approximate surface area is 129 Å². The van der Waals surface area contributed by atoms with Crippen molar-refractivity contribution >= 4 is 11.8 Å². The first-order valence-corrected chi connectivity index (χ1v) is 7.54. The summed E-state index contributed by atoms with van der Waals surface area (Å²) < 4.78 is 1.42. The number of aromatic nitrogens is 4. The van der Waals surface area contributed by atoms with Crippen molar-refractivity contribution in [2.75, 3.05) is 19.6 Å². The van der Waals surface area contributed by atoms with Crippen LogP contribution in [0, 0.1) is 6.92 Å². The van der Waals surface area contributed by atoms with Gasteiger partial charge in [0, 0.05) is 25.7 Å². The smallest absolute Gasteiger partial charge is 0.245 e. The lowest BCUT2D eigenvalue weighted by Gasteiger charge is -2.28. The molecule has 9 heteroatoms. The van der Waals surface area contributed by atoms with Gasteiger partial charge < -0.3 is 15.5 Å². The quantitative estimate of drug-likeness (QED) is 0.730. The molecule has 2 N–H and O–H groups in total. The minimum absolute atomic E-state index is 0.0214. The Kier molecular flexibility index (Phi) is 5.07. The fourth-order valence-corrected chi connectivity index (χ4v) is 2.74. The topological polar surface area (TPSA) is 110 Å². The highest BCUT2D eigenvalue weighted by Crippen LogP contribution is 2.19.